The van der Waals surface area contributed by atoms with Crippen LogP contribution in [0.15, 0.2) is 24.3 Å². The molecule has 0 atom stereocenters. The summed E-state index contributed by atoms with van der Waals surface area (Å²) in [4.78, 5) is 11.4. The molecule has 20 heavy (non-hydrogen) atoms. The maximum atomic E-state index is 11.4. The van der Waals surface area contributed by atoms with Crippen molar-refractivity contribution in [2.45, 2.75) is 25.8 Å². The molecule has 4 nitrogen and oxygen atoms in total. The highest BCUT2D eigenvalue weighted by atomic mass is 16.5. The number of rotatable bonds is 8. The number of hydrogen-bond acceptors (Lipinski definition) is 3. The second-order valence-corrected chi connectivity index (χ2v) is 5.62. The molecule has 1 aliphatic carbocycles. The molecule has 0 spiro atoms. The van der Waals surface area contributed by atoms with E-state index in [-0.39, 0.29) is 5.91 Å². The van der Waals surface area contributed by atoms with Crippen LogP contribution in [-0.4, -0.2) is 33.2 Å². The lowest BCUT2D eigenvalue weighted by Crippen LogP contribution is -2.24. The molecule has 0 unspecified atom stereocenters. The van der Waals surface area contributed by atoms with E-state index in [2.05, 4.69) is 10.6 Å². The number of hydrogen-bond donors (Lipinski definition) is 2. The van der Waals surface area contributed by atoms with Crippen LogP contribution in [0, 0.1) is 5.41 Å². The fraction of sp³-hybridized carbons (Fsp3) is 0.562. The van der Waals surface area contributed by atoms with Gasteiger partial charge in [-0.3, -0.25) is 4.79 Å². The van der Waals surface area contributed by atoms with Gasteiger partial charge in [0.1, 0.15) is 0 Å². The van der Waals surface area contributed by atoms with E-state index in [4.69, 9.17) is 4.74 Å². The van der Waals surface area contributed by atoms with Crippen LogP contribution in [0.1, 0.15) is 35.2 Å². The molecule has 1 saturated carbocycles. The maximum Gasteiger partial charge on any atom is 0.251 e. The van der Waals surface area contributed by atoms with E-state index in [0.717, 1.165) is 26.1 Å². The van der Waals surface area contributed by atoms with E-state index in [1.54, 1.807) is 14.2 Å². The molecule has 1 fully saturated rings. The standard InChI is InChI=1S/C16H24N2O2/c1-17-15(19)14-5-3-13(4-6-14)11-18-12-16(7-8-16)9-10-20-2/h3-6,18H,7-12H2,1-2H3,(H,17,19). The van der Waals surface area contributed by atoms with E-state index in [1.807, 2.05) is 24.3 Å². The van der Waals surface area contributed by atoms with Crippen molar-refractivity contribution >= 4 is 5.91 Å². The average Bonchev–Trinajstić information content (AvgIpc) is 3.25. The van der Waals surface area contributed by atoms with Gasteiger partial charge in [0, 0.05) is 39.4 Å². The lowest BCUT2D eigenvalue weighted by atomic mass is 10.0. The normalized spacial score (nSPS) is 15.9. The van der Waals surface area contributed by atoms with Gasteiger partial charge in [-0.2, -0.15) is 0 Å². The van der Waals surface area contributed by atoms with Crippen LogP contribution >= 0.6 is 0 Å². The number of nitrogens with one attached hydrogen (secondary N) is 2. The second kappa shape index (κ2) is 6.86. The molecule has 1 amide bonds. The summed E-state index contributed by atoms with van der Waals surface area (Å²) in [5.74, 6) is -0.0407. The zero-order chi connectivity index (χ0) is 14.4. The lowest BCUT2D eigenvalue weighted by molar-refractivity contribution is 0.0963. The van der Waals surface area contributed by atoms with Crippen LogP contribution < -0.4 is 10.6 Å². The summed E-state index contributed by atoms with van der Waals surface area (Å²) in [6.07, 6.45) is 3.75. The molecule has 2 rings (SSSR count). The Labute approximate surface area is 120 Å². The van der Waals surface area contributed by atoms with Gasteiger partial charge in [0.25, 0.3) is 5.91 Å². The van der Waals surface area contributed by atoms with Gasteiger partial charge in [-0.1, -0.05) is 12.1 Å². The summed E-state index contributed by atoms with van der Waals surface area (Å²) in [6.45, 7) is 2.75. The summed E-state index contributed by atoms with van der Waals surface area (Å²) < 4.78 is 5.16. The third-order valence-electron chi connectivity index (χ3n) is 4.07. The summed E-state index contributed by atoms with van der Waals surface area (Å²) in [7, 11) is 3.41. The van der Waals surface area contributed by atoms with Crippen molar-refractivity contribution in [2.75, 3.05) is 27.3 Å². The maximum absolute atomic E-state index is 11.4. The van der Waals surface area contributed by atoms with Crippen LogP contribution in [0.3, 0.4) is 0 Å². The Balaban J connectivity index is 1.76. The number of amides is 1. The molecule has 0 saturated heterocycles. The highest BCUT2D eigenvalue weighted by Gasteiger charge is 2.41. The second-order valence-electron chi connectivity index (χ2n) is 5.62. The molecule has 1 aromatic carbocycles. The smallest absolute Gasteiger partial charge is 0.251 e. The molecule has 0 heterocycles. The summed E-state index contributed by atoms with van der Waals surface area (Å²) in [5, 5.41) is 6.15. The van der Waals surface area contributed by atoms with Crippen molar-refractivity contribution in [1.29, 1.82) is 0 Å². The Kier molecular flexibility index (Phi) is 5.15. The Bertz CT molecular complexity index is 438. The van der Waals surface area contributed by atoms with Gasteiger partial charge < -0.3 is 15.4 Å². The molecule has 0 aliphatic heterocycles. The van der Waals surface area contributed by atoms with Crippen molar-refractivity contribution in [3.8, 4) is 0 Å². The summed E-state index contributed by atoms with van der Waals surface area (Å²) >= 11 is 0. The van der Waals surface area contributed by atoms with Crippen LogP contribution in [0.4, 0.5) is 0 Å². The minimum Gasteiger partial charge on any atom is -0.385 e. The predicted octanol–water partition coefficient (Wildman–Crippen LogP) is 1.95. The number of carbonyl (C=O) groups is 1. The number of carbonyl (C=O) groups excluding carboxylic acids is 1. The van der Waals surface area contributed by atoms with Gasteiger partial charge in [0.2, 0.25) is 0 Å². The Morgan fingerprint density at radius 2 is 2.00 bits per heavy atom. The van der Waals surface area contributed by atoms with Gasteiger partial charge in [0.05, 0.1) is 0 Å². The molecular weight excluding hydrogens is 252 g/mol. The van der Waals surface area contributed by atoms with Gasteiger partial charge in [-0.05, 0) is 42.4 Å². The molecule has 110 valence electrons. The van der Waals surface area contributed by atoms with Crippen molar-refractivity contribution < 1.29 is 9.53 Å². The Morgan fingerprint density at radius 1 is 1.30 bits per heavy atom. The molecule has 4 heteroatoms. The fourth-order valence-electron chi connectivity index (χ4n) is 2.40. The zero-order valence-corrected chi connectivity index (χ0v) is 12.4. The lowest BCUT2D eigenvalue weighted by Gasteiger charge is -2.15. The van der Waals surface area contributed by atoms with Crippen LogP contribution in [0.5, 0.6) is 0 Å². The predicted molar refractivity (Wildman–Crippen MR) is 79.7 cm³/mol. The average molecular weight is 276 g/mol. The Morgan fingerprint density at radius 3 is 2.55 bits per heavy atom. The zero-order valence-electron chi connectivity index (χ0n) is 12.4. The first kappa shape index (κ1) is 15.0. The summed E-state index contributed by atoms with van der Waals surface area (Å²) in [6, 6.07) is 7.75. The van der Waals surface area contributed by atoms with Gasteiger partial charge >= 0.3 is 0 Å². The monoisotopic (exact) mass is 276 g/mol. The van der Waals surface area contributed by atoms with Crippen LogP contribution in [0.25, 0.3) is 0 Å². The van der Waals surface area contributed by atoms with Gasteiger partial charge in [-0.15, -0.1) is 0 Å². The minimum atomic E-state index is -0.0407. The topological polar surface area (TPSA) is 50.4 Å². The first-order chi connectivity index (χ1) is 9.69. The Hall–Kier alpha value is -1.39. The first-order valence-electron chi connectivity index (χ1n) is 7.20. The van der Waals surface area contributed by atoms with Crippen LogP contribution in [-0.2, 0) is 11.3 Å². The molecular formula is C16H24N2O2. The van der Waals surface area contributed by atoms with Gasteiger partial charge in [-0.25, -0.2) is 0 Å². The highest BCUT2D eigenvalue weighted by Crippen LogP contribution is 2.48. The van der Waals surface area contributed by atoms with Crippen molar-refractivity contribution in [3.05, 3.63) is 35.4 Å². The molecule has 1 aromatic rings. The molecule has 1 aliphatic rings. The molecule has 0 bridgehead atoms. The van der Waals surface area contributed by atoms with E-state index >= 15 is 0 Å². The van der Waals surface area contributed by atoms with Crippen molar-refractivity contribution in [3.63, 3.8) is 0 Å². The van der Waals surface area contributed by atoms with E-state index < -0.39 is 0 Å². The third kappa shape index (κ3) is 4.05. The number of ether oxygens (including phenoxy) is 1. The van der Waals surface area contributed by atoms with Crippen molar-refractivity contribution in [2.24, 2.45) is 5.41 Å². The number of benzene rings is 1. The molecule has 2 N–H and O–H groups in total. The highest BCUT2D eigenvalue weighted by molar-refractivity contribution is 5.93. The van der Waals surface area contributed by atoms with Crippen LogP contribution in [0.2, 0.25) is 0 Å². The fourth-order valence-corrected chi connectivity index (χ4v) is 2.40. The molecule has 0 aromatic heterocycles. The summed E-state index contributed by atoms with van der Waals surface area (Å²) in [5.41, 5.74) is 2.38. The van der Waals surface area contributed by atoms with E-state index in [9.17, 15) is 4.79 Å². The van der Waals surface area contributed by atoms with E-state index in [1.165, 1.54) is 18.4 Å². The quantitative estimate of drug-likeness (QED) is 0.763. The van der Waals surface area contributed by atoms with E-state index in [0.29, 0.717) is 11.0 Å². The third-order valence-corrected chi connectivity index (χ3v) is 4.07. The SMILES string of the molecule is CNC(=O)c1ccc(CNCC2(CCOC)CC2)cc1. The largest absolute Gasteiger partial charge is 0.385 e. The minimum absolute atomic E-state index is 0.0407. The first-order valence-corrected chi connectivity index (χ1v) is 7.20. The van der Waals surface area contributed by atoms with Gasteiger partial charge in [0.15, 0.2) is 0 Å². The molecule has 0 radical (unpaired) electrons. The number of methoxy groups -OCH3 is 1. The van der Waals surface area contributed by atoms with Crippen molar-refractivity contribution in [1.82, 2.24) is 10.6 Å².